The van der Waals surface area contributed by atoms with Crippen LogP contribution in [0.1, 0.15) is 39.6 Å². The van der Waals surface area contributed by atoms with Gasteiger partial charge in [0.25, 0.3) is 0 Å². The van der Waals surface area contributed by atoms with E-state index in [9.17, 15) is 23.1 Å². The van der Waals surface area contributed by atoms with Crippen molar-refractivity contribution < 1.29 is 32.5 Å². The Kier molecular flexibility index (Phi) is 7.36. The third-order valence-corrected chi connectivity index (χ3v) is 7.34. The van der Waals surface area contributed by atoms with E-state index in [2.05, 4.69) is 14.9 Å². The smallest absolute Gasteiger partial charge is 0.335 e. The Morgan fingerprint density at radius 3 is 2.67 bits per heavy atom. The first-order valence-electron chi connectivity index (χ1n) is 13.2. The van der Waals surface area contributed by atoms with Gasteiger partial charge in [0, 0.05) is 19.7 Å². The lowest BCUT2D eigenvalue weighted by Gasteiger charge is -2.28. The van der Waals surface area contributed by atoms with Gasteiger partial charge in [-0.2, -0.15) is 5.26 Å². The van der Waals surface area contributed by atoms with Gasteiger partial charge >= 0.3 is 5.97 Å². The molecule has 0 unspecified atom stereocenters. The van der Waals surface area contributed by atoms with Crippen LogP contribution in [-0.2, 0) is 24.4 Å². The highest BCUT2D eigenvalue weighted by Crippen LogP contribution is 2.28. The first-order chi connectivity index (χ1) is 20.3. The quantitative estimate of drug-likeness (QED) is 0.306. The molecule has 4 aromatic rings. The summed E-state index contributed by atoms with van der Waals surface area (Å²) in [7, 11) is 0. The van der Waals surface area contributed by atoms with Crippen LogP contribution in [-0.4, -0.2) is 56.3 Å². The molecule has 42 heavy (non-hydrogen) atoms. The minimum absolute atomic E-state index is 0.00242. The maximum Gasteiger partial charge on any atom is 0.335 e. The molecule has 1 fully saturated rings. The number of halogens is 3. The summed E-state index contributed by atoms with van der Waals surface area (Å²) in [4.78, 5) is 22.5. The molecule has 1 saturated heterocycles. The van der Waals surface area contributed by atoms with E-state index in [0.29, 0.717) is 49.8 Å². The van der Waals surface area contributed by atoms with E-state index >= 15 is 0 Å². The van der Waals surface area contributed by atoms with Crippen molar-refractivity contribution in [3.63, 3.8) is 0 Å². The monoisotopic (exact) mass is 575 g/mol. The second-order valence-corrected chi connectivity index (χ2v) is 10.1. The van der Waals surface area contributed by atoms with Gasteiger partial charge in [0.1, 0.15) is 29.5 Å². The number of nitriles is 1. The van der Waals surface area contributed by atoms with Gasteiger partial charge in [0.2, 0.25) is 0 Å². The molecule has 0 amide bonds. The molecule has 0 bridgehead atoms. The minimum Gasteiger partial charge on any atom is -0.484 e. The van der Waals surface area contributed by atoms with Crippen LogP contribution in [0.5, 0.6) is 5.75 Å². The number of carboxylic acids is 1. The van der Waals surface area contributed by atoms with Crippen LogP contribution in [0, 0.1) is 28.8 Å². The molecule has 1 N–H and O–H groups in total. The molecule has 214 valence electrons. The highest BCUT2D eigenvalue weighted by Gasteiger charge is 2.26. The maximum absolute atomic E-state index is 14.9. The highest BCUT2D eigenvalue weighted by atomic mass is 19.1. The van der Waals surface area contributed by atoms with Crippen LogP contribution >= 0.6 is 0 Å². The Labute approximate surface area is 238 Å². The van der Waals surface area contributed by atoms with Gasteiger partial charge in [-0.15, -0.1) is 0 Å². The average molecular weight is 576 g/mol. The van der Waals surface area contributed by atoms with Crippen molar-refractivity contribution in [2.24, 2.45) is 0 Å². The zero-order valence-corrected chi connectivity index (χ0v) is 22.2. The number of hydrogen-bond donors (Lipinski definition) is 1. The number of carboxylic acid groups (broad SMARTS) is 1. The van der Waals surface area contributed by atoms with Crippen molar-refractivity contribution in [1.82, 2.24) is 19.4 Å². The summed E-state index contributed by atoms with van der Waals surface area (Å²) in [5.41, 5.74) is 1.86. The molecular formula is C30H24F3N5O4. The molecule has 2 aromatic carbocycles. The predicted molar refractivity (Wildman–Crippen MR) is 144 cm³/mol. The lowest BCUT2D eigenvalue weighted by Crippen LogP contribution is -2.32. The fraction of sp³-hybridized carbons (Fsp3) is 0.267. The van der Waals surface area contributed by atoms with Gasteiger partial charge in [-0.05, 0) is 54.5 Å². The molecule has 1 atom stereocenters. The second kappa shape index (κ2) is 11.3. The summed E-state index contributed by atoms with van der Waals surface area (Å²) in [5.74, 6) is -2.80. The topological polar surface area (TPSA) is 114 Å². The number of benzene rings is 2. The van der Waals surface area contributed by atoms with E-state index in [4.69, 9.17) is 14.7 Å². The van der Waals surface area contributed by atoms with Gasteiger partial charge in [-0.3, -0.25) is 4.90 Å². The van der Waals surface area contributed by atoms with Gasteiger partial charge in [-0.25, -0.2) is 27.9 Å². The SMILES string of the molecule is N#Cc1ccc(OCc2nc(C3=CCN(Cc4nc5c(F)cc(C(=O)O)cc5n4C[C@@H]4CCO4)C3)ccc2F)c(F)c1. The van der Waals surface area contributed by atoms with Crippen LogP contribution < -0.4 is 4.74 Å². The van der Waals surface area contributed by atoms with E-state index in [1.807, 2.05) is 16.7 Å². The Morgan fingerprint density at radius 2 is 1.95 bits per heavy atom. The number of aromatic nitrogens is 3. The molecule has 2 aliphatic rings. The van der Waals surface area contributed by atoms with Crippen molar-refractivity contribution >= 4 is 22.6 Å². The van der Waals surface area contributed by atoms with Gasteiger partial charge in [-0.1, -0.05) is 6.08 Å². The predicted octanol–water partition coefficient (Wildman–Crippen LogP) is 4.69. The molecule has 0 radical (unpaired) electrons. The number of pyridine rings is 1. The van der Waals surface area contributed by atoms with Crippen LogP contribution in [0.4, 0.5) is 13.2 Å². The van der Waals surface area contributed by atoms with Gasteiger partial charge in [0.05, 0.1) is 47.6 Å². The molecule has 12 heteroatoms. The van der Waals surface area contributed by atoms with Crippen molar-refractivity contribution in [2.75, 3.05) is 19.7 Å². The number of nitrogens with zero attached hydrogens (tertiary/aromatic N) is 5. The molecule has 2 aliphatic heterocycles. The second-order valence-electron chi connectivity index (χ2n) is 10.1. The van der Waals surface area contributed by atoms with Crippen molar-refractivity contribution in [1.29, 1.82) is 5.26 Å². The molecule has 2 aromatic heterocycles. The first kappa shape index (κ1) is 27.4. The summed E-state index contributed by atoms with van der Waals surface area (Å²) in [5, 5.41) is 18.3. The molecule has 0 spiro atoms. The average Bonchev–Trinajstić information content (AvgIpc) is 3.55. The summed E-state index contributed by atoms with van der Waals surface area (Å²) in [6.45, 7) is 2.08. The van der Waals surface area contributed by atoms with Crippen LogP contribution in [0.2, 0.25) is 0 Å². The number of carbonyl (C=O) groups is 1. The lowest BCUT2D eigenvalue weighted by molar-refractivity contribution is -0.0591. The van der Waals surface area contributed by atoms with E-state index in [-0.39, 0.29) is 40.8 Å². The summed E-state index contributed by atoms with van der Waals surface area (Å²) in [6.07, 6.45) is 2.73. The van der Waals surface area contributed by atoms with Crippen molar-refractivity contribution in [3.8, 4) is 11.8 Å². The number of rotatable bonds is 9. The van der Waals surface area contributed by atoms with E-state index in [0.717, 1.165) is 24.1 Å². The third-order valence-electron chi connectivity index (χ3n) is 7.34. The van der Waals surface area contributed by atoms with Gasteiger partial charge < -0.3 is 19.1 Å². The fourth-order valence-corrected chi connectivity index (χ4v) is 5.02. The minimum atomic E-state index is -1.23. The van der Waals surface area contributed by atoms with E-state index < -0.39 is 23.4 Å². The normalized spacial score (nSPS) is 16.7. The summed E-state index contributed by atoms with van der Waals surface area (Å²) < 4.78 is 56.4. The Bertz CT molecular complexity index is 1780. The zero-order valence-electron chi connectivity index (χ0n) is 22.2. The largest absolute Gasteiger partial charge is 0.484 e. The number of hydrogen-bond acceptors (Lipinski definition) is 7. The zero-order chi connectivity index (χ0) is 29.4. The molecule has 6 rings (SSSR count). The third kappa shape index (κ3) is 5.44. The lowest BCUT2D eigenvalue weighted by atomic mass is 10.1. The molecule has 0 aliphatic carbocycles. The number of fused-ring (bicyclic) bond motifs is 1. The fourth-order valence-electron chi connectivity index (χ4n) is 5.02. The highest BCUT2D eigenvalue weighted by molar-refractivity contribution is 5.92. The van der Waals surface area contributed by atoms with Crippen molar-refractivity contribution in [3.05, 3.63) is 94.3 Å². The van der Waals surface area contributed by atoms with Crippen LogP contribution in [0.3, 0.4) is 0 Å². The Hall–Kier alpha value is -4.73. The van der Waals surface area contributed by atoms with Crippen LogP contribution in [0.15, 0.2) is 48.5 Å². The summed E-state index contributed by atoms with van der Waals surface area (Å²) in [6, 6.07) is 10.8. The van der Waals surface area contributed by atoms with Gasteiger partial charge in [0.15, 0.2) is 17.4 Å². The standard InChI is InChI=1S/C30H24F3N5O4/c31-21-2-3-24(35-25(21)16-42-27-4-1-17(12-34)9-22(27)32)18-5-7-37(13-18)15-28-36-29-23(33)10-19(30(39)40)11-26(29)38(28)14-20-6-8-41-20/h1-5,9-11,20H,6-8,13-16H2,(H,39,40)/t20-/m0/s1. The molecule has 9 nitrogen and oxygen atoms in total. The first-order valence-corrected chi connectivity index (χ1v) is 13.2. The van der Waals surface area contributed by atoms with Crippen molar-refractivity contribution in [2.45, 2.75) is 32.2 Å². The maximum atomic E-state index is 14.9. The van der Waals surface area contributed by atoms with E-state index in [1.54, 1.807) is 6.07 Å². The summed E-state index contributed by atoms with van der Waals surface area (Å²) >= 11 is 0. The van der Waals surface area contributed by atoms with Crippen LogP contribution in [0.25, 0.3) is 16.6 Å². The Morgan fingerprint density at radius 1 is 1.12 bits per heavy atom. The molecule has 4 heterocycles. The molecule has 0 saturated carbocycles. The Balaban J connectivity index is 1.19. The van der Waals surface area contributed by atoms with E-state index in [1.165, 1.54) is 24.3 Å². The number of imidazole rings is 1. The number of ether oxygens (including phenoxy) is 2. The number of aromatic carboxylic acids is 1. The molecular weight excluding hydrogens is 551 g/mol.